The molecule has 5 aliphatic heterocycles. The summed E-state index contributed by atoms with van der Waals surface area (Å²) >= 11 is 0. The molecular formula is C58H85FN8O10. The molecular weight excluding hydrogens is 988 g/mol. The lowest BCUT2D eigenvalue weighted by Gasteiger charge is -2.40. The van der Waals surface area contributed by atoms with Gasteiger partial charge in [0, 0.05) is 77.6 Å². The van der Waals surface area contributed by atoms with E-state index in [2.05, 4.69) is 15.9 Å². The van der Waals surface area contributed by atoms with Gasteiger partial charge in [0.1, 0.15) is 22.5 Å². The number of nitrogens with zero attached hydrogens (tertiary/aromatic N) is 7. The molecule has 0 aromatic heterocycles. The highest BCUT2D eigenvalue weighted by molar-refractivity contribution is 5.70. The number of nitro groups is 2. The molecule has 3 aromatic rings. The van der Waals surface area contributed by atoms with Crippen molar-refractivity contribution in [2.45, 2.75) is 156 Å². The highest BCUT2D eigenvalue weighted by Crippen LogP contribution is 2.46. The molecule has 3 amide bonds. The number of para-hydroxylation sites is 5. The second-order valence-electron chi connectivity index (χ2n) is 25.0. The predicted molar refractivity (Wildman–Crippen MR) is 298 cm³/mol. The molecule has 0 atom stereocenters. The number of anilines is 3. The van der Waals surface area contributed by atoms with Gasteiger partial charge in [0.05, 0.1) is 21.2 Å². The Hall–Kier alpha value is -6.40. The van der Waals surface area contributed by atoms with Gasteiger partial charge in [-0.15, -0.1) is 0 Å². The molecule has 77 heavy (non-hydrogen) atoms. The van der Waals surface area contributed by atoms with Crippen molar-refractivity contribution in [2.75, 3.05) is 81.0 Å². The number of nitrogen functional groups attached to an aromatic ring is 1. The van der Waals surface area contributed by atoms with Crippen LogP contribution < -0.4 is 15.5 Å². The van der Waals surface area contributed by atoms with Gasteiger partial charge in [-0.25, -0.2) is 14.4 Å². The zero-order valence-electron chi connectivity index (χ0n) is 47.2. The number of hydrogen-bond acceptors (Lipinski definition) is 13. The van der Waals surface area contributed by atoms with E-state index < -0.39 is 27.6 Å². The molecule has 6 aliphatic rings. The van der Waals surface area contributed by atoms with Gasteiger partial charge in [-0.3, -0.25) is 20.2 Å². The maximum atomic E-state index is 12.4. The first-order chi connectivity index (χ1) is 36.1. The van der Waals surface area contributed by atoms with Crippen LogP contribution in [0.15, 0.2) is 72.8 Å². The van der Waals surface area contributed by atoms with E-state index in [1.54, 1.807) is 12.1 Å². The second-order valence-corrected chi connectivity index (χ2v) is 25.0. The van der Waals surface area contributed by atoms with Crippen molar-refractivity contribution in [1.82, 2.24) is 14.7 Å². The average Bonchev–Trinajstić information content (AvgIpc) is 4.10. The van der Waals surface area contributed by atoms with E-state index in [1.165, 1.54) is 50.7 Å². The minimum Gasteiger partial charge on any atom is -0.444 e. The highest BCUT2D eigenvalue weighted by Gasteiger charge is 2.46. The fraction of sp³-hybridized carbons (Fsp3) is 0.638. The van der Waals surface area contributed by atoms with Gasteiger partial charge >= 0.3 is 24.0 Å². The Balaban J connectivity index is 0.000000174. The Morgan fingerprint density at radius 1 is 0.481 bits per heavy atom. The third-order valence-corrected chi connectivity index (χ3v) is 15.6. The molecule has 5 heterocycles. The summed E-state index contributed by atoms with van der Waals surface area (Å²) in [4.78, 5) is 66.9. The molecule has 5 saturated heterocycles. The van der Waals surface area contributed by atoms with Crippen LogP contribution in [0.3, 0.4) is 0 Å². The number of piperidine rings is 2. The number of nitrogens with two attached hydrogens (primary N) is 1. The number of carbonyl (C=O) groups excluding carboxylic acids is 3. The number of halogens is 1. The molecule has 19 heteroatoms. The Morgan fingerprint density at radius 3 is 1.17 bits per heavy atom. The number of hydrogen-bond donors (Lipinski definition) is 1. The maximum absolute atomic E-state index is 12.4. The van der Waals surface area contributed by atoms with E-state index in [1.807, 2.05) is 107 Å². The van der Waals surface area contributed by atoms with Crippen LogP contribution in [0.2, 0.25) is 0 Å². The van der Waals surface area contributed by atoms with Gasteiger partial charge in [0.15, 0.2) is 0 Å². The number of likely N-dealkylation sites (tertiary alicyclic amines) is 3. The number of ether oxygens (including phenoxy) is 3. The molecule has 0 unspecified atom stereocenters. The second kappa shape index (κ2) is 24.9. The Kier molecular flexibility index (Phi) is 19.4. The van der Waals surface area contributed by atoms with Crippen molar-refractivity contribution in [3.05, 3.63) is 98.8 Å². The first-order valence-corrected chi connectivity index (χ1v) is 27.5. The first kappa shape index (κ1) is 59.8. The standard InChI is InChI=1S/C19H27N3O4.C19H29N3O2.C14H25NO2.C6H4FNO2/c1-18(2,3)26-17(23)21-13-10-19(14-21)8-11-20(12-9-19)15-6-4-5-7-16(15)22(24)25;1-18(2,3)24-17(23)22-13-10-19(14-22)8-11-21(12-9-19)16-7-5-4-6-15(16)20;1-13(2,3)17-12(16)15-10-9-14(11-15)7-5-4-6-8-14;7-5-3-1-2-4-6(5)8(9)10/h4-7H,8-14H2,1-3H3;4-7H,8-14,20H2,1-3H3;4-11H2,1-3H3;1-4H. The summed E-state index contributed by atoms with van der Waals surface area (Å²) in [6, 6.07) is 20.0. The van der Waals surface area contributed by atoms with E-state index in [9.17, 15) is 39.0 Å². The number of amides is 3. The van der Waals surface area contributed by atoms with Gasteiger partial charge in [-0.05, 0) is 161 Å². The fourth-order valence-corrected chi connectivity index (χ4v) is 11.5. The lowest BCUT2D eigenvalue weighted by atomic mass is 9.74. The van der Waals surface area contributed by atoms with E-state index in [0.29, 0.717) is 17.6 Å². The maximum Gasteiger partial charge on any atom is 0.410 e. The zero-order chi connectivity index (χ0) is 56.4. The number of carbonyl (C=O) groups is 3. The summed E-state index contributed by atoms with van der Waals surface area (Å²) in [6.45, 7) is 25.6. The summed E-state index contributed by atoms with van der Waals surface area (Å²) in [5.41, 5.74) is 7.94. The molecule has 18 nitrogen and oxygen atoms in total. The van der Waals surface area contributed by atoms with Crippen molar-refractivity contribution < 1.29 is 42.8 Å². The Labute approximate surface area is 455 Å². The highest BCUT2D eigenvalue weighted by atomic mass is 19.1. The third kappa shape index (κ3) is 17.0. The molecule has 2 N–H and O–H groups in total. The van der Waals surface area contributed by atoms with Crippen LogP contribution in [0.5, 0.6) is 0 Å². The Bertz CT molecular complexity index is 2500. The monoisotopic (exact) mass is 1070 g/mol. The van der Waals surface area contributed by atoms with E-state index in [0.717, 1.165) is 121 Å². The van der Waals surface area contributed by atoms with Crippen molar-refractivity contribution in [1.29, 1.82) is 0 Å². The van der Waals surface area contributed by atoms with E-state index in [-0.39, 0.29) is 45.3 Å². The largest absolute Gasteiger partial charge is 0.444 e. The lowest BCUT2D eigenvalue weighted by Crippen LogP contribution is -2.43. The molecule has 1 saturated carbocycles. The average molecular weight is 1070 g/mol. The molecule has 424 valence electrons. The molecule has 3 spiro atoms. The van der Waals surface area contributed by atoms with Gasteiger partial charge in [-0.1, -0.05) is 55.7 Å². The van der Waals surface area contributed by atoms with Gasteiger partial charge < -0.3 is 44.4 Å². The van der Waals surface area contributed by atoms with Crippen LogP contribution in [-0.4, -0.2) is 125 Å². The van der Waals surface area contributed by atoms with Crippen LogP contribution >= 0.6 is 0 Å². The molecule has 0 radical (unpaired) electrons. The van der Waals surface area contributed by atoms with Crippen LogP contribution in [0.25, 0.3) is 0 Å². The molecule has 9 rings (SSSR count). The van der Waals surface area contributed by atoms with Crippen LogP contribution in [0.1, 0.15) is 139 Å². The van der Waals surface area contributed by atoms with Gasteiger partial charge in [0.2, 0.25) is 5.82 Å². The quantitative estimate of drug-likeness (QED) is 0.112. The fourth-order valence-electron chi connectivity index (χ4n) is 11.5. The summed E-state index contributed by atoms with van der Waals surface area (Å²) in [5.74, 6) is -0.799. The third-order valence-electron chi connectivity index (χ3n) is 15.6. The van der Waals surface area contributed by atoms with E-state index >= 15 is 0 Å². The van der Waals surface area contributed by atoms with Crippen molar-refractivity contribution >= 4 is 46.7 Å². The summed E-state index contributed by atoms with van der Waals surface area (Å²) in [5, 5.41) is 21.3. The van der Waals surface area contributed by atoms with Crippen molar-refractivity contribution in [3.8, 4) is 0 Å². The molecule has 1 aliphatic carbocycles. The summed E-state index contributed by atoms with van der Waals surface area (Å²) < 4.78 is 28.9. The van der Waals surface area contributed by atoms with Gasteiger partial charge in [0.25, 0.3) is 5.69 Å². The van der Waals surface area contributed by atoms with Gasteiger partial charge in [-0.2, -0.15) is 4.39 Å². The van der Waals surface area contributed by atoms with Crippen LogP contribution in [0, 0.1) is 42.3 Å². The van der Waals surface area contributed by atoms with E-state index in [4.69, 9.17) is 19.9 Å². The Morgan fingerprint density at radius 2 is 0.805 bits per heavy atom. The SMILES string of the molecule is CC(C)(C)OC(=O)N1CCC2(CCCCC2)C1.CC(C)(C)OC(=O)N1CCC2(CCN(c3ccccc3N)CC2)C1.CC(C)(C)OC(=O)N1CCC2(CCN(c3ccccc3[N+](=O)[O-])CC2)C1.O=[N+]([O-])c1ccccc1F. The minimum atomic E-state index is -0.799. The smallest absolute Gasteiger partial charge is 0.410 e. The number of rotatable bonds is 4. The summed E-state index contributed by atoms with van der Waals surface area (Å²) in [7, 11) is 0. The zero-order valence-corrected chi connectivity index (χ0v) is 47.2. The van der Waals surface area contributed by atoms with Crippen LogP contribution in [-0.2, 0) is 14.2 Å². The topological polar surface area (TPSA) is 207 Å². The molecule has 6 fully saturated rings. The predicted octanol–water partition coefficient (Wildman–Crippen LogP) is 12.6. The minimum absolute atomic E-state index is 0.108. The molecule has 3 aromatic carbocycles. The molecule has 0 bridgehead atoms. The lowest BCUT2D eigenvalue weighted by molar-refractivity contribution is -0.387. The van der Waals surface area contributed by atoms with Crippen molar-refractivity contribution in [2.24, 2.45) is 16.2 Å². The van der Waals surface area contributed by atoms with Crippen LogP contribution in [0.4, 0.5) is 47.2 Å². The summed E-state index contributed by atoms with van der Waals surface area (Å²) in [6.07, 6.45) is 13.4. The normalized spacial score (nSPS) is 19.5. The first-order valence-electron chi connectivity index (χ1n) is 27.5. The number of benzene rings is 3. The number of nitro benzene ring substituents is 2. The van der Waals surface area contributed by atoms with Crippen molar-refractivity contribution in [3.63, 3.8) is 0 Å².